The first-order valence-corrected chi connectivity index (χ1v) is 4.35. The molecule has 1 aromatic rings. The molecule has 5 heteroatoms. The Labute approximate surface area is 77.8 Å². The number of anilines is 1. The van der Waals surface area contributed by atoms with E-state index in [1.165, 1.54) is 0 Å². The topological polar surface area (TPSA) is 62.2 Å². The molecule has 0 saturated heterocycles. The number of carbonyl (C=O) groups is 1. The summed E-state index contributed by atoms with van der Waals surface area (Å²) in [5.41, 5.74) is 0.980. The van der Waals surface area contributed by atoms with E-state index in [0.29, 0.717) is 11.1 Å². The molecule has 0 fully saturated rings. The number of pyridine rings is 1. The largest absolute Gasteiger partial charge is 0.465 e. The van der Waals surface area contributed by atoms with Crippen molar-refractivity contribution in [3.63, 3.8) is 0 Å². The smallest absolute Gasteiger partial charge is 0.410 e. The third kappa shape index (κ3) is 2.50. The Hall–Kier alpha value is -1.10. The van der Waals surface area contributed by atoms with Crippen LogP contribution in [0.4, 0.5) is 10.6 Å². The lowest BCUT2D eigenvalue weighted by Gasteiger charge is -2.00. The molecule has 1 rings (SSSR count). The third-order valence-electron chi connectivity index (χ3n) is 1.21. The summed E-state index contributed by atoms with van der Waals surface area (Å²) >= 11 is 3.25. The fourth-order valence-corrected chi connectivity index (χ4v) is 1.08. The van der Waals surface area contributed by atoms with Gasteiger partial charge < -0.3 is 5.11 Å². The van der Waals surface area contributed by atoms with Crippen LogP contribution in [0.1, 0.15) is 5.56 Å². The normalized spacial score (nSPS) is 9.42. The summed E-state index contributed by atoms with van der Waals surface area (Å²) in [6, 6.07) is 3.48. The summed E-state index contributed by atoms with van der Waals surface area (Å²) in [6.45, 7) is 0. The highest BCUT2D eigenvalue weighted by atomic mass is 79.9. The SMILES string of the molecule is O=C(O)Nc1cc(CBr)ccn1. The first-order chi connectivity index (χ1) is 5.72. The van der Waals surface area contributed by atoms with Crippen molar-refractivity contribution in [1.29, 1.82) is 0 Å². The van der Waals surface area contributed by atoms with Gasteiger partial charge >= 0.3 is 6.09 Å². The highest BCUT2D eigenvalue weighted by Crippen LogP contribution is 2.09. The Bertz CT molecular complexity index is 290. The van der Waals surface area contributed by atoms with Gasteiger partial charge in [0.2, 0.25) is 0 Å². The standard InChI is InChI=1S/C7H7BrN2O2/c8-4-5-1-2-9-6(3-5)10-7(11)12/h1-3H,4H2,(H,9,10)(H,11,12). The average molecular weight is 231 g/mol. The number of nitrogens with zero attached hydrogens (tertiary/aromatic N) is 1. The van der Waals surface area contributed by atoms with E-state index in [1.807, 2.05) is 6.07 Å². The summed E-state index contributed by atoms with van der Waals surface area (Å²) in [4.78, 5) is 14.0. The fourth-order valence-electron chi connectivity index (χ4n) is 0.735. The number of alkyl halides is 1. The van der Waals surface area contributed by atoms with Crippen LogP contribution in [-0.4, -0.2) is 16.2 Å². The maximum atomic E-state index is 10.2. The van der Waals surface area contributed by atoms with Crippen molar-refractivity contribution in [2.45, 2.75) is 5.33 Å². The van der Waals surface area contributed by atoms with Crippen LogP contribution in [-0.2, 0) is 5.33 Å². The fraction of sp³-hybridized carbons (Fsp3) is 0.143. The lowest BCUT2D eigenvalue weighted by Crippen LogP contribution is -2.08. The molecule has 1 amide bonds. The quantitative estimate of drug-likeness (QED) is 0.765. The molecule has 1 aromatic heterocycles. The van der Waals surface area contributed by atoms with Gasteiger partial charge in [0.05, 0.1) is 0 Å². The summed E-state index contributed by atoms with van der Waals surface area (Å²) in [7, 11) is 0. The minimum Gasteiger partial charge on any atom is -0.465 e. The average Bonchev–Trinajstić information content (AvgIpc) is 2.03. The zero-order valence-corrected chi connectivity index (χ0v) is 7.71. The number of halogens is 1. The summed E-state index contributed by atoms with van der Waals surface area (Å²) in [5.74, 6) is 0.347. The van der Waals surface area contributed by atoms with E-state index in [2.05, 4.69) is 26.2 Å². The molecule has 12 heavy (non-hydrogen) atoms. The summed E-state index contributed by atoms with van der Waals surface area (Å²) in [5, 5.41) is 11.2. The van der Waals surface area contributed by atoms with Gasteiger partial charge in [0.1, 0.15) is 5.82 Å². The first-order valence-electron chi connectivity index (χ1n) is 3.23. The second-order valence-electron chi connectivity index (χ2n) is 2.11. The van der Waals surface area contributed by atoms with E-state index >= 15 is 0 Å². The maximum Gasteiger partial charge on any atom is 0.410 e. The molecule has 0 saturated carbocycles. The van der Waals surface area contributed by atoms with Crippen molar-refractivity contribution < 1.29 is 9.90 Å². The molecular formula is C7H7BrN2O2. The van der Waals surface area contributed by atoms with Crippen LogP contribution in [0, 0.1) is 0 Å². The zero-order chi connectivity index (χ0) is 8.97. The number of hydrogen-bond donors (Lipinski definition) is 2. The molecule has 4 nitrogen and oxygen atoms in total. The summed E-state index contributed by atoms with van der Waals surface area (Å²) < 4.78 is 0. The minimum absolute atomic E-state index is 0.347. The Morgan fingerprint density at radius 1 is 1.75 bits per heavy atom. The molecule has 0 aliphatic heterocycles. The number of amides is 1. The van der Waals surface area contributed by atoms with Gasteiger partial charge in [0.25, 0.3) is 0 Å². The van der Waals surface area contributed by atoms with Crippen LogP contribution < -0.4 is 5.32 Å². The monoisotopic (exact) mass is 230 g/mol. The van der Waals surface area contributed by atoms with Gasteiger partial charge in [-0.2, -0.15) is 0 Å². The number of nitrogens with one attached hydrogen (secondary N) is 1. The van der Waals surface area contributed by atoms with E-state index in [0.717, 1.165) is 5.56 Å². The molecule has 0 aromatic carbocycles. The van der Waals surface area contributed by atoms with Crippen molar-refractivity contribution in [1.82, 2.24) is 4.98 Å². The van der Waals surface area contributed by atoms with Crippen LogP contribution >= 0.6 is 15.9 Å². The highest BCUT2D eigenvalue weighted by Gasteiger charge is 1.98. The van der Waals surface area contributed by atoms with Crippen molar-refractivity contribution in [2.24, 2.45) is 0 Å². The van der Waals surface area contributed by atoms with Gasteiger partial charge in [-0.3, -0.25) is 5.32 Å². The number of aromatic nitrogens is 1. The van der Waals surface area contributed by atoms with Gasteiger partial charge in [-0.05, 0) is 17.7 Å². The molecule has 64 valence electrons. The Balaban J connectivity index is 2.79. The van der Waals surface area contributed by atoms with Crippen LogP contribution in [0.25, 0.3) is 0 Å². The second-order valence-corrected chi connectivity index (χ2v) is 2.67. The van der Waals surface area contributed by atoms with Crippen molar-refractivity contribution >= 4 is 27.8 Å². The van der Waals surface area contributed by atoms with E-state index in [1.54, 1.807) is 12.3 Å². The predicted octanol–water partition coefficient (Wildman–Crippen LogP) is 2.07. The molecule has 2 N–H and O–H groups in total. The van der Waals surface area contributed by atoms with Crippen LogP contribution in [0.15, 0.2) is 18.3 Å². The van der Waals surface area contributed by atoms with E-state index in [9.17, 15) is 4.79 Å². The van der Waals surface area contributed by atoms with Gasteiger partial charge in [-0.15, -0.1) is 0 Å². The molecule has 0 atom stereocenters. The maximum absolute atomic E-state index is 10.2. The minimum atomic E-state index is -1.10. The molecule has 1 heterocycles. The third-order valence-corrected chi connectivity index (χ3v) is 1.86. The first kappa shape index (κ1) is 8.99. The Morgan fingerprint density at radius 2 is 2.50 bits per heavy atom. The second kappa shape index (κ2) is 4.06. The van der Waals surface area contributed by atoms with E-state index < -0.39 is 6.09 Å². The highest BCUT2D eigenvalue weighted by molar-refractivity contribution is 9.08. The summed E-state index contributed by atoms with van der Waals surface area (Å²) in [6.07, 6.45) is 0.455. The van der Waals surface area contributed by atoms with Gasteiger partial charge in [0, 0.05) is 11.5 Å². The van der Waals surface area contributed by atoms with Crippen LogP contribution in [0.2, 0.25) is 0 Å². The van der Waals surface area contributed by atoms with Crippen molar-refractivity contribution in [2.75, 3.05) is 5.32 Å². The lowest BCUT2D eigenvalue weighted by atomic mass is 10.3. The van der Waals surface area contributed by atoms with Gasteiger partial charge in [-0.25, -0.2) is 9.78 Å². The van der Waals surface area contributed by atoms with E-state index in [-0.39, 0.29) is 0 Å². The lowest BCUT2D eigenvalue weighted by molar-refractivity contribution is 0.209. The van der Waals surface area contributed by atoms with E-state index in [4.69, 9.17) is 5.11 Å². The molecule has 0 bridgehead atoms. The van der Waals surface area contributed by atoms with Crippen LogP contribution in [0.3, 0.4) is 0 Å². The van der Waals surface area contributed by atoms with Crippen molar-refractivity contribution in [3.8, 4) is 0 Å². The number of rotatable bonds is 2. The molecule has 0 aliphatic rings. The zero-order valence-electron chi connectivity index (χ0n) is 6.12. The Kier molecular flexibility index (Phi) is 3.04. The molecule has 0 spiro atoms. The Morgan fingerprint density at radius 3 is 3.08 bits per heavy atom. The molecule has 0 unspecified atom stereocenters. The predicted molar refractivity (Wildman–Crippen MR) is 48.5 cm³/mol. The van der Waals surface area contributed by atoms with Crippen molar-refractivity contribution in [3.05, 3.63) is 23.9 Å². The number of carboxylic acid groups (broad SMARTS) is 1. The number of hydrogen-bond acceptors (Lipinski definition) is 2. The molecular weight excluding hydrogens is 224 g/mol. The molecule has 0 aliphatic carbocycles. The molecule has 0 radical (unpaired) electrons. The van der Waals surface area contributed by atoms with Crippen LogP contribution in [0.5, 0.6) is 0 Å². The van der Waals surface area contributed by atoms with Gasteiger partial charge in [-0.1, -0.05) is 15.9 Å². The van der Waals surface area contributed by atoms with Gasteiger partial charge in [0.15, 0.2) is 0 Å².